The van der Waals surface area contributed by atoms with Crippen LogP contribution in [0.2, 0.25) is 0 Å². The Labute approximate surface area is 112 Å². The van der Waals surface area contributed by atoms with Crippen LogP contribution in [0.1, 0.15) is 25.0 Å². The maximum Gasteiger partial charge on any atom is 0.422 e. The zero-order chi connectivity index (χ0) is 14.5. The van der Waals surface area contributed by atoms with Gasteiger partial charge in [0.25, 0.3) is 0 Å². The van der Waals surface area contributed by atoms with Crippen molar-refractivity contribution >= 4 is 0 Å². The third-order valence-corrected chi connectivity index (χ3v) is 2.54. The molecule has 0 bridgehead atoms. The van der Waals surface area contributed by atoms with Gasteiger partial charge in [-0.1, -0.05) is 32.0 Å². The molecule has 0 aliphatic heterocycles. The molecule has 0 saturated carbocycles. The van der Waals surface area contributed by atoms with Gasteiger partial charge in [0.2, 0.25) is 0 Å². The average Bonchev–Trinajstić information content (AvgIpc) is 2.26. The lowest BCUT2D eigenvalue weighted by molar-refractivity contribution is -0.153. The predicted octanol–water partition coefficient (Wildman–Crippen LogP) is 3.68. The molecule has 19 heavy (non-hydrogen) atoms. The first-order valence-electron chi connectivity index (χ1n) is 6.28. The molecule has 0 spiro atoms. The fourth-order valence-electron chi connectivity index (χ4n) is 1.71. The molecule has 2 nitrogen and oxygen atoms in total. The lowest BCUT2D eigenvalue weighted by atomic mass is 10.1. The molecule has 0 aliphatic rings. The van der Waals surface area contributed by atoms with Crippen LogP contribution < -0.4 is 10.1 Å². The first kappa shape index (κ1) is 15.8. The van der Waals surface area contributed by atoms with Crippen molar-refractivity contribution < 1.29 is 17.9 Å². The number of rotatable bonds is 6. The smallest absolute Gasteiger partial charge is 0.422 e. The van der Waals surface area contributed by atoms with E-state index >= 15 is 0 Å². The van der Waals surface area contributed by atoms with Gasteiger partial charge >= 0.3 is 6.18 Å². The second-order valence-corrected chi connectivity index (χ2v) is 4.99. The van der Waals surface area contributed by atoms with Crippen LogP contribution in [0.25, 0.3) is 0 Å². The number of hydrogen-bond acceptors (Lipinski definition) is 2. The summed E-state index contributed by atoms with van der Waals surface area (Å²) in [7, 11) is 0. The molecular weight excluding hydrogens is 255 g/mol. The Bertz CT molecular complexity index is 402. The van der Waals surface area contributed by atoms with E-state index in [2.05, 4.69) is 19.2 Å². The number of benzene rings is 1. The monoisotopic (exact) mass is 275 g/mol. The fourth-order valence-corrected chi connectivity index (χ4v) is 1.71. The molecule has 0 amide bonds. The lowest BCUT2D eigenvalue weighted by Crippen LogP contribution is -2.22. The number of ether oxygens (including phenoxy) is 1. The molecule has 1 N–H and O–H groups in total. The third kappa shape index (κ3) is 5.96. The third-order valence-electron chi connectivity index (χ3n) is 2.54. The van der Waals surface area contributed by atoms with Crippen molar-refractivity contribution in [3.63, 3.8) is 0 Å². The van der Waals surface area contributed by atoms with E-state index in [1.54, 1.807) is 19.1 Å². The molecule has 0 heterocycles. The van der Waals surface area contributed by atoms with Gasteiger partial charge in [0.05, 0.1) is 0 Å². The van der Waals surface area contributed by atoms with Gasteiger partial charge in [-0.25, -0.2) is 0 Å². The van der Waals surface area contributed by atoms with E-state index in [9.17, 15) is 13.2 Å². The zero-order valence-electron chi connectivity index (χ0n) is 11.5. The number of halogens is 3. The zero-order valence-corrected chi connectivity index (χ0v) is 11.5. The maximum absolute atomic E-state index is 12.2. The van der Waals surface area contributed by atoms with E-state index in [0.29, 0.717) is 23.8 Å². The molecule has 0 aliphatic carbocycles. The van der Waals surface area contributed by atoms with Crippen molar-refractivity contribution in [2.75, 3.05) is 13.2 Å². The summed E-state index contributed by atoms with van der Waals surface area (Å²) in [5.74, 6) is 0.820. The Morgan fingerprint density at radius 1 is 1.26 bits per heavy atom. The van der Waals surface area contributed by atoms with E-state index in [-0.39, 0.29) is 0 Å². The summed E-state index contributed by atoms with van der Waals surface area (Å²) >= 11 is 0. The number of aryl methyl sites for hydroxylation is 1. The molecule has 0 unspecified atom stereocenters. The summed E-state index contributed by atoms with van der Waals surface area (Å²) in [6, 6.07) is 5.35. The van der Waals surface area contributed by atoms with Crippen molar-refractivity contribution in [3.05, 3.63) is 29.3 Å². The minimum atomic E-state index is -4.31. The summed E-state index contributed by atoms with van der Waals surface area (Å²) in [6.07, 6.45) is -4.31. The SMILES string of the molecule is Cc1cccc(CNCC(C)C)c1OCC(F)(F)F. The van der Waals surface area contributed by atoms with Crippen LogP contribution in [0.4, 0.5) is 13.2 Å². The molecule has 0 saturated heterocycles. The van der Waals surface area contributed by atoms with E-state index in [0.717, 1.165) is 12.1 Å². The van der Waals surface area contributed by atoms with Gasteiger partial charge in [-0.15, -0.1) is 0 Å². The maximum atomic E-state index is 12.2. The average molecular weight is 275 g/mol. The van der Waals surface area contributed by atoms with Crippen LogP contribution in [0.15, 0.2) is 18.2 Å². The first-order valence-corrected chi connectivity index (χ1v) is 6.28. The highest BCUT2D eigenvalue weighted by Gasteiger charge is 2.29. The van der Waals surface area contributed by atoms with E-state index in [4.69, 9.17) is 4.74 Å². The van der Waals surface area contributed by atoms with Crippen LogP contribution in [0.3, 0.4) is 0 Å². The standard InChI is InChI=1S/C14H20F3NO/c1-10(2)7-18-8-12-6-4-5-11(3)13(12)19-9-14(15,16)17/h4-6,10,18H,7-9H2,1-3H3. The highest BCUT2D eigenvalue weighted by molar-refractivity contribution is 5.40. The quantitative estimate of drug-likeness (QED) is 0.855. The fraction of sp³-hybridized carbons (Fsp3) is 0.571. The molecule has 0 radical (unpaired) electrons. The highest BCUT2D eigenvalue weighted by atomic mass is 19.4. The molecule has 108 valence electrons. The Hall–Kier alpha value is -1.23. The summed E-state index contributed by atoms with van der Waals surface area (Å²) in [5, 5.41) is 3.20. The largest absolute Gasteiger partial charge is 0.484 e. The normalized spacial score (nSPS) is 11.9. The van der Waals surface area contributed by atoms with Gasteiger partial charge in [0.1, 0.15) is 5.75 Å². The lowest BCUT2D eigenvalue weighted by Gasteiger charge is -2.16. The summed E-state index contributed by atoms with van der Waals surface area (Å²) in [4.78, 5) is 0. The molecule has 1 rings (SSSR count). The minimum absolute atomic E-state index is 0.330. The van der Waals surface area contributed by atoms with E-state index in [1.807, 2.05) is 6.07 Å². The Morgan fingerprint density at radius 3 is 2.53 bits per heavy atom. The second kappa shape index (κ2) is 6.80. The van der Waals surface area contributed by atoms with Crippen molar-refractivity contribution in [2.24, 2.45) is 5.92 Å². The molecule has 1 aromatic carbocycles. The topological polar surface area (TPSA) is 21.3 Å². The second-order valence-electron chi connectivity index (χ2n) is 4.99. The van der Waals surface area contributed by atoms with E-state index < -0.39 is 12.8 Å². The van der Waals surface area contributed by atoms with Crippen LogP contribution in [0.5, 0.6) is 5.75 Å². The van der Waals surface area contributed by atoms with Gasteiger partial charge in [-0.05, 0) is 24.9 Å². The summed E-state index contributed by atoms with van der Waals surface area (Å²) < 4.78 is 41.6. The summed E-state index contributed by atoms with van der Waals surface area (Å²) in [6.45, 7) is 5.96. The minimum Gasteiger partial charge on any atom is -0.484 e. The van der Waals surface area contributed by atoms with Gasteiger partial charge in [-0.3, -0.25) is 0 Å². The molecular formula is C14H20F3NO. The number of hydrogen-bond donors (Lipinski definition) is 1. The first-order chi connectivity index (χ1) is 8.79. The van der Waals surface area contributed by atoms with Crippen LogP contribution in [-0.2, 0) is 6.54 Å². The number of alkyl halides is 3. The molecule has 0 aromatic heterocycles. The van der Waals surface area contributed by atoms with Crippen molar-refractivity contribution in [1.82, 2.24) is 5.32 Å². The van der Waals surface area contributed by atoms with Crippen LogP contribution in [-0.4, -0.2) is 19.3 Å². The van der Waals surface area contributed by atoms with Crippen LogP contribution >= 0.6 is 0 Å². The van der Waals surface area contributed by atoms with Crippen molar-refractivity contribution in [3.8, 4) is 5.75 Å². The molecule has 0 fully saturated rings. The molecule has 1 aromatic rings. The Morgan fingerprint density at radius 2 is 1.95 bits per heavy atom. The van der Waals surface area contributed by atoms with Crippen molar-refractivity contribution in [2.45, 2.75) is 33.5 Å². The Balaban J connectivity index is 2.72. The van der Waals surface area contributed by atoms with Gasteiger partial charge in [0, 0.05) is 12.1 Å². The summed E-state index contributed by atoms with van der Waals surface area (Å²) in [5.41, 5.74) is 1.47. The number of nitrogens with one attached hydrogen (secondary N) is 1. The van der Waals surface area contributed by atoms with Gasteiger partial charge in [0.15, 0.2) is 6.61 Å². The predicted molar refractivity (Wildman–Crippen MR) is 69.3 cm³/mol. The van der Waals surface area contributed by atoms with Gasteiger partial charge < -0.3 is 10.1 Å². The van der Waals surface area contributed by atoms with E-state index in [1.165, 1.54) is 0 Å². The molecule has 5 heteroatoms. The van der Waals surface area contributed by atoms with Gasteiger partial charge in [-0.2, -0.15) is 13.2 Å². The Kier molecular flexibility index (Phi) is 5.66. The highest BCUT2D eigenvalue weighted by Crippen LogP contribution is 2.26. The van der Waals surface area contributed by atoms with Crippen molar-refractivity contribution in [1.29, 1.82) is 0 Å². The number of para-hydroxylation sites is 1. The van der Waals surface area contributed by atoms with Crippen LogP contribution in [0, 0.1) is 12.8 Å². The molecule has 0 atom stereocenters.